The lowest BCUT2D eigenvalue weighted by Crippen LogP contribution is -2.02. The van der Waals surface area contributed by atoms with Crippen molar-refractivity contribution in [3.8, 4) is 0 Å². The molecule has 0 atom stereocenters. The molecule has 0 bridgehead atoms. The van der Waals surface area contributed by atoms with E-state index in [1.807, 2.05) is 0 Å². The highest BCUT2D eigenvalue weighted by Gasteiger charge is 2.06. The number of ketones is 1. The molecule has 12 heavy (non-hydrogen) atoms. The molecule has 0 aliphatic heterocycles. The molecule has 0 aliphatic carbocycles. The fourth-order valence-corrected chi connectivity index (χ4v) is 0.750. The molecule has 0 aromatic heterocycles. The molecule has 0 amide bonds. The summed E-state index contributed by atoms with van der Waals surface area (Å²) in [4.78, 5) is 9.77. The summed E-state index contributed by atoms with van der Waals surface area (Å²) in [7, 11) is 0. The van der Waals surface area contributed by atoms with Crippen LogP contribution in [0.3, 0.4) is 0 Å². The van der Waals surface area contributed by atoms with E-state index in [9.17, 15) is 4.79 Å². The van der Waals surface area contributed by atoms with E-state index in [-0.39, 0.29) is 5.78 Å². The van der Waals surface area contributed by atoms with Gasteiger partial charge in [-0.15, -0.1) is 0 Å². The van der Waals surface area contributed by atoms with Crippen molar-refractivity contribution in [1.29, 1.82) is 0 Å². The van der Waals surface area contributed by atoms with E-state index >= 15 is 0 Å². The first-order chi connectivity index (χ1) is 5.33. The number of alkyl halides is 1. The van der Waals surface area contributed by atoms with Crippen LogP contribution in [0.25, 0.3) is 0 Å². The van der Waals surface area contributed by atoms with Gasteiger partial charge in [-0.3, -0.25) is 4.79 Å². The summed E-state index contributed by atoms with van der Waals surface area (Å²) in [5, 5.41) is 0.479. The molecule has 1 nitrogen and oxygen atoms in total. The van der Waals surface area contributed by atoms with Crippen molar-refractivity contribution in [2.75, 3.05) is 5.33 Å². The van der Waals surface area contributed by atoms with Crippen LogP contribution in [0.2, 0.25) is 0 Å². The van der Waals surface area contributed by atoms with Gasteiger partial charge in [-0.25, -0.2) is 0 Å². The summed E-state index contributed by atoms with van der Waals surface area (Å²) >= 11 is 2.96. The lowest BCUT2D eigenvalue weighted by Gasteiger charge is -2.15. The Bertz CT molecular complexity index is 113. The minimum atomic E-state index is 0.171. The molecular weight excluding hydrogens is 216 g/mol. The maximum Gasteiger partial charge on any atom is 0.140 e. The topological polar surface area (TPSA) is 17.1 Å². The Morgan fingerprint density at radius 2 is 1.67 bits per heavy atom. The highest BCUT2D eigenvalue weighted by atomic mass is 79.9. The minimum Gasteiger partial charge on any atom is -0.299 e. The summed E-state index contributed by atoms with van der Waals surface area (Å²) in [5.74, 6) is 0.171. The Morgan fingerprint density at radius 3 is 1.67 bits per heavy atom. The van der Waals surface area contributed by atoms with Crippen LogP contribution in [-0.4, -0.2) is 11.1 Å². The van der Waals surface area contributed by atoms with Gasteiger partial charge in [0.05, 0.1) is 5.33 Å². The first-order valence-electron chi connectivity index (χ1n) is 4.39. The molecule has 2 heteroatoms. The van der Waals surface area contributed by atoms with E-state index in [1.165, 1.54) is 19.8 Å². The number of hydrogen-bond acceptors (Lipinski definition) is 1. The van der Waals surface area contributed by atoms with Gasteiger partial charge in [0.2, 0.25) is 0 Å². The summed E-state index contributed by atoms with van der Waals surface area (Å²) in [6, 6.07) is 0. The molecule has 74 valence electrons. The van der Waals surface area contributed by atoms with E-state index < -0.39 is 0 Å². The van der Waals surface area contributed by atoms with Crippen molar-refractivity contribution in [3.05, 3.63) is 0 Å². The van der Waals surface area contributed by atoms with Crippen LogP contribution in [0, 0.1) is 5.41 Å². The standard InChI is InChI=1S/C7H16.C3H5BrO/c1-5-6-7(2,3)4;1-3(5)2-4/h5-6H2,1-4H3;2H2,1H3. The van der Waals surface area contributed by atoms with E-state index in [0.29, 0.717) is 10.7 Å². The second-order valence-corrected chi connectivity index (χ2v) is 4.71. The zero-order valence-corrected chi connectivity index (χ0v) is 10.5. The van der Waals surface area contributed by atoms with Crippen LogP contribution < -0.4 is 0 Å². The zero-order chi connectivity index (χ0) is 10.2. The normalized spacial score (nSPS) is 10.2. The smallest absolute Gasteiger partial charge is 0.140 e. The molecule has 0 aromatic rings. The van der Waals surface area contributed by atoms with Gasteiger partial charge in [-0.1, -0.05) is 50.0 Å². The number of hydrogen-bond donors (Lipinski definition) is 0. The highest BCUT2D eigenvalue weighted by Crippen LogP contribution is 2.19. The van der Waals surface area contributed by atoms with Crippen molar-refractivity contribution in [2.24, 2.45) is 5.41 Å². The van der Waals surface area contributed by atoms with Gasteiger partial charge >= 0.3 is 0 Å². The number of carbonyl (C=O) groups is 1. The van der Waals surface area contributed by atoms with Gasteiger partial charge in [0.1, 0.15) is 5.78 Å². The molecule has 0 heterocycles. The van der Waals surface area contributed by atoms with E-state index in [0.717, 1.165) is 0 Å². The summed E-state index contributed by atoms with van der Waals surface area (Å²) in [5.41, 5.74) is 0.550. The highest BCUT2D eigenvalue weighted by molar-refractivity contribution is 9.09. The summed E-state index contributed by atoms with van der Waals surface area (Å²) in [6.07, 6.45) is 2.65. The van der Waals surface area contributed by atoms with Crippen LogP contribution in [0.15, 0.2) is 0 Å². The third-order valence-electron chi connectivity index (χ3n) is 1.19. The monoisotopic (exact) mass is 236 g/mol. The predicted molar refractivity (Wildman–Crippen MR) is 58.8 cm³/mol. The van der Waals surface area contributed by atoms with Crippen LogP contribution >= 0.6 is 15.9 Å². The summed E-state index contributed by atoms with van der Waals surface area (Å²) < 4.78 is 0. The lowest BCUT2D eigenvalue weighted by molar-refractivity contribution is -0.114. The Labute approximate surface area is 85.1 Å². The number of carbonyl (C=O) groups excluding carboxylic acids is 1. The van der Waals surface area contributed by atoms with E-state index in [2.05, 4.69) is 43.6 Å². The Morgan fingerprint density at radius 1 is 1.33 bits per heavy atom. The molecule has 0 radical (unpaired) electrons. The molecule has 0 saturated heterocycles. The van der Waals surface area contributed by atoms with Crippen LogP contribution in [0.4, 0.5) is 0 Å². The molecule has 0 rings (SSSR count). The van der Waals surface area contributed by atoms with E-state index in [1.54, 1.807) is 0 Å². The van der Waals surface area contributed by atoms with Crippen molar-refractivity contribution >= 4 is 21.7 Å². The minimum absolute atomic E-state index is 0.171. The third kappa shape index (κ3) is 22.5. The lowest BCUT2D eigenvalue weighted by atomic mass is 9.91. The van der Waals surface area contributed by atoms with Gasteiger partial charge in [0.25, 0.3) is 0 Å². The quantitative estimate of drug-likeness (QED) is 0.667. The van der Waals surface area contributed by atoms with Gasteiger partial charge < -0.3 is 0 Å². The van der Waals surface area contributed by atoms with Gasteiger partial charge in [0.15, 0.2) is 0 Å². The zero-order valence-electron chi connectivity index (χ0n) is 8.91. The van der Waals surface area contributed by atoms with Crippen LogP contribution in [0.5, 0.6) is 0 Å². The number of halogens is 1. The van der Waals surface area contributed by atoms with Crippen LogP contribution in [-0.2, 0) is 4.79 Å². The molecular formula is C10H21BrO. The van der Waals surface area contributed by atoms with Crippen LogP contribution in [0.1, 0.15) is 47.5 Å². The second-order valence-electron chi connectivity index (χ2n) is 4.15. The SMILES string of the molecule is CC(=O)CBr.CCCC(C)(C)C. The Balaban J connectivity index is 0. The molecule has 0 spiro atoms. The second kappa shape index (κ2) is 7.78. The number of Topliss-reactive ketones (excluding diaryl/α,β-unsaturated/α-hetero) is 1. The molecule has 0 aliphatic rings. The molecule has 0 fully saturated rings. The molecule has 0 unspecified atom stereocenters. The third-order valence-corrected chi connectivity index (χ3v) is 1.98. The maximum absolute atomic E-state index is 9.77. The van der Waals surface area contributed by atoms with Gasteiger partial charge in [-0.2, -0.15) is 0 Å². The average molecular weight is 237 g/mol. The average Bonchev–Trinajstić information content (AvgIpc) is 1.86. The first kappa shape index (κ1) is 14.7. The molecule has 0 N–H and O–H groups in total. The Kier molecular flexibility index (Phi) is 9.51. The van der Waals surface area contributed by atoms with Gasteiger partial charge in [-0.05, 0) is 18.8 Å². The van der Waals surface area contributed by atoms with Crippen molar-refractivity contribution < 1.29 is 4.79 Å². The summed E-state index contributed by atoms with van der Waals surface area (Å²) in [6.45, 7) is 10.6. The Hall–Kier alpha value is 0.150. The predicted octanol–water partition coefficient (Wildman–Crippen LogP) is 3.80. The largest absolute Gasteiger partial charge is 0.299 e. The fourth-order valence-electron chi connectivity index (χ4n) is 0.750. The molecule has 0 saturated carbocycles. The molecule has 0 aromatic carbocycles. The number of rotatable bonds is 2. The maximum atomic E-state index is 9.77. The van der Waals surface area contributed by atoms with Gasteiger partial charge in [0, 0.05) is 0 Å². The fraction of sp³-hybridized carbons (Fsp3) is 0.900. The van der Waals surface area contributed by atoms with Crippen molar-refractivity contribution in [2.45, 2.75) is 47.5 Å². The van der Waals surface area contributed by atoms with E-state index in [4.69, 9.17) is 0 Å². The van der Waals surface area contributed by atoms with Crippen molar-refractivity contribution in [1.82, 2.24) is 0 Å². The first-order valence-corrected chi connectivity index (χ1v) is 5.51. The van der Waals surface area contributed by atoms with Crippen molar-refractivity contribution in [3.63, 3.8) is 0 Å².